The van der Waals surface area contributed by atoms with Gasteiger partial charge in [0.2, 0.25) is 11.8 Å². The lowest BCUT2D eigenvalue weighted by molar-refractivity contribution is -0.115. The highest BCUT2D eigenvalue weighted by Crippen LogP contribution is 2.32. The second kappa shape index (κ2) is 9.75. The fraction of sp³-hybridized carbons (Fsp3) is 0.208. The van der Waals surface area contributed by atoms with Crippen LogP contribution in [-0.2, 0) is 9.53 Å². The van der Waals surface area contributed by atoms with Crippen LogP contribution in [0.2, 0.25) is 0 Å². The number of benzene rings is 2. The SMILES string of the molecule is CC(C)(C)OC(=O)NCC(=O)Nc1cccc(Oc2ccccc2-c2ccccc2)n1. The number of rotatable bonds is 6. The van der Waals surface area contributed by atoms with Crippen molar-refractivity contribution in [3.05, 3.63) is 72.8 Å². The summed E-state index contributed by atoms with van der Waals surface area (Å²) in [6, 6.07) is 22.6. The summed E-state index contributed by atoms with van der Waals surface area (Å²) in [5, 5.41) is 5.04. The van der Waals surface area contributed by atoms with E-state index in [4.69, 9.17) is 9.47 Å². The molecular weight excluding hydrogens is 394 g/mol. The lowest BCUT2D eigenvalue weighted by Crippen LogP contribution is -2.37. The number of carbonyl (C=O) groups is 2. The Morgan fingerprint density at radius 3 is 2.35 bits per heavy atom. The van der Waals surface area contributed by atoms with E-state index >= 15 is 0 Å². The summed E-state index contributed by atoms with van der Waals surface area (Å²) in [4.78, 5) is 28.1. The molecule has 7 nitrogen and oxygen atoms in total. The van der Waals surface area contributed by atoms with Crippen molar-refractivity contribution in [2.45, 2.75) is 26.4 Å². The van der Waals surface area contributed by atoms with E-state index in [-0.39, 0.29) is 6.54 Å². The standard InChI is InChI=1S/C24H25N3O4/c1-24(2,3)31-23(29)25-16-21(28)26-20-14-9-15-22(27-20)30-19-13-8-7-12-18(19)17-10-5-4-6-11-17/h4-15H,16H2,1-3H3,(H,25,29)(H,26,27,28). The van der Waals surface area contributed by atoms with Crippen LogP contribution < -0.4 is 15.4 Å². The van der Waals surface area contributed by atoms with Gasteiger partial charge in [0.15, 0.2) is 0 Å². The van der Waals surface area contributed by atoms with Crippen molar-refractivity contribution in [1.29, 1.82) is 0 Å². The van der Waals surface area contributed by atoms with Gasteiger partial charge < -0.3 is 20.1 Å². The van der Waals surface area contributed by atoms with Crippen LogP contribution in [0.1, 0.15) is 20.8 Å². The Bertz CT molecular complexity index is 1050. The molecule has 2 N–H and O–H groups in total. The number of anilines is 1. The van der Waals surface area contributed by atoms with Crippen LogP contribution in [0.4, 0.5) is 10.6 Å². The van der Waals surface area contributed by atoms with Crippen LogP contribution in [0, 0.1) is 0 Å². The van der Waals surface area contributed by atoms with Gasteiger partial charge >= 0.3 is 6.09 Å². The fourth-order valence-electron chi connectivity index (χ4n) is 2.72. The largest absolute Gasteiger partial charge is 0.444 e. The first-order valence-corrected chi connectivity index (χ1v) is 9.86. The van der Waals surface area contributed by atoms with E-state index in [1.54, 1.807) is 39.0 Å². The number of nitrogens with zero attached hydrogens (tertiary/aromatic N) is 1. The van der Waals surface area contributed by atoms with E-state index in [0.29, 0.717) is 17.4 Å². The van der Waals surface area contributed by atoms with Crippen LogP contribution >= 0.6 is 0 Å². The molecular formula is C24H25N3O4. The maximum absolute atomic E-state index is 12.1. The zero-order valence-corrected chi connectivity index (χ0v) is 17.7. The van der Waals surface area contributed by atoms with E-state index in [1.165, 1.54) is 0 Å². The summed E-state index contributed by atoms with van der Waals surface area (Å²) >= 11 is 0. The summed E-state index contributed by atoms with van der Waals surface area (Å²) in [6.07, 6.45) is -0.662. The number of hydrogen-bond donors (Lipinski definition) is 2. The highest BCUT2D eigenvalue weighted by Gasteiger charge is 2.17. The van der Waals surface area contributed by atoms with E-state index in [9.17, 15) is 9.59 Å². The number of aromatic nitrogens is 1. The summed E-state index contributed by atoms with van der Waals surface area (Å²) in [5.41, 5.74) is 1.32. The summed E-state index contributed by atoms with van der Waals surface area (Å²) in [7, 11) is 0. The second-order valence-corrected chi connectivity index (χ2v) is 7.73. The van der Waals surface area contributed by atoms with Crippen LogP contribution in [0.15, 0.2) is 72.8 Å². The minimum absolute atomic E-state index is 0.238. The highest BCUT2D eigenvalue weighted by atomic mass is 16.6. The molecule has 31 heavy (non-hydrogen) atoms. The van der Waals surface area contributed by atoms with Gasteiger partial charge in [-0.1, -0.05) is 54.6 Å². The zero-order valence-electron chi connectivity index (χ0n) is 17.7. The van der Waals surface area contributed by atoms with Gasteiger partial charge in [-0.3, -0.25) is 4.79 Å². The molecule has 0 radical (unpaired) electrons. The topological polar surface area (TPSA) is 89.5 Å². The quantitative estimate of drug-likeness (QED) is 0.587. The number of hydrogen-bond acceptors (Lipinski definition) is 5. The van der Waals surface area contributed by atoms with Crippen molar-refractivity contribution in [1.82, 2.24) is 10.3 Å². The molecule has 0 fully saturated rings. The second-order valence-electron chi connectivity index (χ2n) is 7.73. The molecule has 0 aliphatic carbocycles. The monoisotopic (exact) mass is 419 g/mol. The molecule has 1 aromatic heterocycles. The molecule has 7 heteroatoms. The number of pyridine rings is 1. The average Bonchev–Trinajstić information content (AvgIpc) is 2.72. The van der Waals surface area contributed by atoms with Gasteiger partial charge in [0, 0.05) is 11.6 Å². The molecule has 3 aromatic rings. The Hall–Kier alpha value is -3.87. The lowest BCUT2D eigenvalue weighted by atomic mass is 10.1. The van der Waals surface area contributed by atoms with Crippen molar-refractivity contribution >= 4 is 17.8 Å². The van der Waals surface area contributed by atoms with Crippen molar-refractivity contribution in [3.8, 4) is 22.8 Å². The summed E-state index contributed by atoms with van der Waals surface area (Å²) in [6.45, 7) is 5.01. The fourth-order valence-corrected chi connectivity index (χ4v) is 2.72. The van der Waals surface area contributed by atoms with Gasteiger partial charge in [-0.2, -0.15) is 4.98 Å². The van der Waals surface area contributed by atoms with Crippen molar-refractivity contribution in [3.63, 3.8) is 0 Å². The first-order chi connectivity index (χ1) is 14.8. The maximum Gasteiger partial charge on any atom is 0.408 e. The number of ether oxygens (including phenoxy) is 2. The Morgan fingerprint density at radius 2 is 1.61 bits per heavy atom. The third-order valence-corrected chi connectivity index (χ3v) is 3.97. The van der Waals surface area contributed by atoms with Crippen molar-refractivity contribution in [2.75, 3.05) is 11.9 Å². The third kappa shape index (κ3) is 6.85. The molecule has 160 valence electrons. The predicted molar refractivity (Wildman–Crippen MR) is 119 cm³/mol. The maximum atomic E-state index is 12.1. The number of nitrogens with one attached hydrogen (secondary N) is 2. The summed E-state index contributed by atoms with van der Waals surface area (Å²) in [5.74, 6) is 0.864. The van der Waals surface area contributed by atoms with Gasteiger partial charge in [-0.05, 0) is 38.5 Å². The molecule has 0 unspecified atom stereocenters. The third-order valence-electron chi connectivity index (χ3n) is 3.97. The Kier molecular flexibility index (Phi) is 6.87. The van der Waals surface area contributed by atoms with Crippen LogP contribution in [0.3, 0.4) is 0 Å². The normalized spacial score (nSPS) is 10.8. The first-order valence-electron chi connectivity index (χ1n) is 9.86. The van der Waals surface area contributed by atoms with Crippen LogP contribution in [0.25, 0.3) is 11.1 Å². The van der Waals surface area contributed by atoms with Gasteiger partial charge in [-0.15, -0.1) is 0 Å². The smallest absolute Gasteiger partial charge is 0.408 e. The molecule has 0 saturated heterocycles. The van der Waals surface area contributed by atoms with E-state index < -0.39 is 17.6 Å². The lowest BCUT2D eigenvalue weighted by Gasteiger charge is -2.19. The average molecular weight is 419 g/mol. The molecule has 0 atom stereocenters. The molecule has 0 bridgehead atoms. The molecule has 2 amide bonds. The van der Waals surface area contributed by atoms with Gasteiger partial charge in [0.1, 0.15) is 23.7 Å². The predicted octanol–water partition coefficient (Wildman–Crippen LogP) is 5.00. The number of alkyl carbamates (subject to hydrolysis) is 1. The molecule has 0 saturated carbocycles. The van der Waals surface area contributed by atoms with Crippen LogP contribution in [-0.4, -0.2) is 29.1 Å². The van der Waals surface area contributed by atoms with Crippen molar-refractivity contribution < 1.29 is 19.1 Å². The minimum atomic E-state index is -0.662. The van der Waals surface area contributed by atoms with Crippen LogP contribution in [0.5, 0.6) is 11.6 Å². The van der Waals surface area contributed by atoms with E-state index in [2.05, 4.69) is 15.6 Å². The number of amides is 2. The molecule has 1 heterocycles. The zero-order chi connectivity index (χ0) is 22.3. The Balaban J connectivity index is 1.64. The van der Waals surface area contributed by atoms with Gasteiger partial charge in [-0.25, -0.2) is 4.79 Å². The molecule has 0 spiro atoms. The Labute approximate surface area is 181 Å². The highest BCUT2D eigenvalue weighted by molar-refractivity contribution is 5.93. The van der Waals surface area contributed by atoms with Gasteiger partial charge in [0.05, 0.1) is 0 Å². The van der Waals surface area contributed by atoms with E-state index in [0.717, 1.165) is 11.1 Å². The molecule has 2 aromatic carbocycles. The summed E-state index contributed by atoms with van der Waals surface area (Å²) < 4.78 is 11.1. The molecule has 0 aliphatic rings. The molecule has 0 aliphatic heterocycles. The number of carbonyl (C=O) groups excluding carboxylic acids is 2. The van der Waals surface area contributed by atoms with Gasteiger partial charge in [0.25, 0.3) is 0 Å². The van der Waals surface area contributed by atoms with E-state index in [1.807, 2.05) is 54.6 Å². The molecule has 3 rings (SSSR count). The first kappa shape index (κ1) is 21.8. The minimum Gasteiger partial charge on any atom is -0.444 e. The Morgan fingerprint density at radius 1 is 0.903 bits per heavy atom. The number of para-hydroxylation sites is 1. The van der Waals surface area contributed by atoms with Crippen molar-refractivity contribution in [2.24, 2.45) is 0 Å².